The predicted octanol–water partition coefficient (Wildman–Crippen LogP) is 1.62. The van der Waals surface area contributed by atoms with Crippen LogP contribution in [-0.4, -0.2) is 5.78 Å². The van der Waals surface area contributed by atoms with Gasteiger partial charge in [-0.1, -0.05) is 13.8 Å². The average Bonchev–Trinajstić information content (AvgIpc) is 1.98. The Morgan fingerprint density at radius 3 is 2.11 bits per heavy atom. The quantitative estimate of drug-likeness (QED) is 0.582. The van der Waals surface area contributed by atoms with Gasteiger partial charge in [0.2, 0.25) is 0 Å². The van der Waals surface area contributed by atoms with Crippen molar-refractivity contribution in [2.45, 2.75) is 26.7 Å². The van der Waals surface area contributed by atoms with E-state index in [0.29, 0.717) is 17.6 Å². The van der Waals surface area contributed by atoms with Gasteiger partial charge in [-0.3, -0.25) is 4.79 Å². The van der Waals surface area contributed by atoms with Gasteiger partial charge in [0, 0.05) is 45.0 Å². The van der Waals surface area contributed by atoms with Crippen LogP contribution >= 0.6 is 0 Å². The summed E-state index contributed by atoms with van der Waals surface area (Å²) < 4.78 is 0. The third kappa shape index (κ3) is 2.12. The number of hydrogen-bond acceptors (Lipinski definition) is 1. The number of Topliss-reactive ketones (excluding diaryl/α,β-unsaturated/α-hetero) is 1. The molecule has 1 radical (unpaired) electrons. The first kappa shape index (κ1) is 9.77. The van der Waals surface area contributed by atoms with Crippen LogP contribution in [0, 0.1) is 11.8 Å². The monoisotopic (exact) mass is 201 g/mol. The molecule has 1 nitrogen and oxygen atoms in total. The van der Waals surface area contributed by atoms with Crippen molar-refractivity contribution in [3.8, 4) is 0 Å². The summed E-state index contributed by atoms with van der Waals surface area (Å²) in [4.78, 5) is 10.8. The van der Waals surface area contributed by atoms with Gasteiger partial charge in [-0.2, -0.15) is 0 Å². The van der Waals surface area contributed by atoms with Crippen molar-refractivity contribution in [1.82, 2.24) is 0 Å². The third-order valence-corrected chi connectivity index (χ3v) is 2.21. The number of carbonyl (C=O) groups excluding carboxylic acids is 1. The smallest absolute Gasteiger partial charge is 0.135 e. The Balaban J connectivity index is 0.000000640. The van der Waals surface area contributed by atoms with Gasteiger partial charge in [-0.05, 0) is 12.3 Å². The molecule has 0 saturated heterocycles. The number of ketones is 1. The molecule has 0 aromatic rings. The van der Waals surface area contributed by atoms with Gasteiger partial charge >= 0.3 is 0 Å². The fourth-order valence-electron chi connectivity index (χ4n) is 1.16. The van der Waals surface area contributed by atoms with Crippen LogP contribution in [0.5, 0.6) is 0 Å². The first-order valence-corrected chi connectivity index (χ1v) is 3.24. The van der Waals surface area contributed by atoms with E-state index in [-0.39, 0.29) is 32.7 Å². The Hall–Kier alpha value is 0.774. The van der Waals surface area contributed by atoms with Gasteiger partial charge in [-0.15, -0.1) is 0 Å². The van der Waals surface area contributed by atoms with E-state index in [2.05, 4.69) is 6.92 Å². The van der Waals surface area contributed by atoms with E-state index >= 15 is 0 Å². The fourth-order valence-corrected chi connectivity index (χ4v) is 1.16. The standard InChI is InChI=1S/C7H12O.Y/c1-5-3-4-7(8)6(5)2;/h5-6H,3-4H2,1-2H3;. The molecule has 0 aliphatic heterocycles. The van der Waals surface area contributed by atoms with Crippen LogP contribution in [0.2, 0.25) is 0 Å². The van der Waals surface area contributed by atoms with Crippen LogP contribution < -0.4 is 0 Å². The van der Waals surface area contributed by atoms with Gasteiger partial charge < -0.3 is 0 Å². The summed E-state index contributed by atoms with van der Waals surface area (Å²) in [6, 6.07) is 0. The summed E-state index contributed by atoms with van der Waals surface area (Å²) in [7, 11) is 0. The molecule has 0 amide bonds. The van der Waals surface area contributed by atoms with Gasteiger partial charge in [0.1, 0.15) is 5.78 Å². The Kier molecular flexibility index (Phi) is 4.15. The minimum absolute atomic E-state index is 0. The van der Waals surface area contributed by atoms with Crippen molar-refractivity contribution in [3.63, 3.8) is 0 Å². The van der Waals surface area contributed by atoms with Crippen LogP contribution in [0.1, 0.15) is 26.7 Å². The number of rotatable bonds is 0. The van der Waals surface area contributed by atoms with E-state index in [0.717, 1.165) is 12.8 Å². The van der Waals surface area contributed by atoms with Gasteiger partial charge in [-0.25, -0.2) is 0 Å². The molecule has 0 heterocycles. The van der Waals surface area contributed by atoms with Crippen molar-refractivity contribution in [2.75, 3.05) is 0 Å². The first-order chi connectivity index (χ1) is 3.72. The molecule has 1 rings (SSSR count). The SMILES string of the molecule is CC1CCC(=O)C1C.[Y]. The minimum atomic E-state index is 0. The fraction of sp³-hybridized carbons (Fsp3) is 0.857. The summed E-state index contributed by atoms with van der Waals surface area (Å²) in [5.74, 6) is 1.44. The summed E-state index contributed by atoms with van der Waals surface area (Å²) in [6.45, 7) is 4.18. The van der Waals surface area contributed by atoms with Crippen LogP contribution in [0.15, 0.2) is 0 Å². The largest absolute Gasteiger partial charge is 0.299 e. The Morgan fingerprint density at radius 2 is 2.00 bits per heavy atom. The van der Waals surface area contributed by atoms with Crippen LogP contribution in [-0.2, 0) is 37.5 Å². The van der Waals surface area contributed by atoms with E-state index in [1.54, 1.807) is 0 Å². The zero-order chi connectivity index (χ0) is 6.15. The molecular weight excluding hydrogens is 189 g/mol. The second-order valence-electron chi connectivity index (χ2n) is 2.77. The molecule has 0 N–H and O–H groups in total. The molecule has 2 unspecified atom stereocenters. The molecule has 2 atom stereocenters. The summed E-state index contributed by atoms with van der Waals surface area (Å²) in [5.41, 5.74) is 0. The molecule has 49 valence electrons. The molecule has 0 aromatic heterocycles. The van der Waals surface area contributed by atoms with Crippen molar-refractivity contribution < 1.29 is 37.5 Å². The van der Waals surface area contributed by atoms with Crippen LogP contribution in [0.4, 0.5) is 0 Å². The average molecular weight is 201 g/mol. The molecule has 1 aliphatic rings. The van der Waals surface area contributed by atoms with E-state index in [1.807, 2.05) is 6.92 Å². The van der Waals surface area contributed by atoms with Crippen molar-refractivity contribution >= 4 is 5.78 Å². The summed E-state index contributed by atoms with van der Waals surface area (Å²) in [6.07, 6.45) is 1.93. The van der Waals surface area contributed by atoms with E-state index in [4.69, 9.17) is 0 Å². The van der Waals surface area contributed by atoms with Crippen molar-refractivity contribution in [3.05, 3.63) is 0 Å². The maximum atomic E-state index is 10.8. The molecule has 2 heteroatoms. The molecule has 9 heavy (non-hydrogen) atoms. The van der Waals surface area contributed by atoms with E-state index in [1.165, 1.54) is 0 Å². The predicted molar refractivity (Wildman–Crippen MR) is 32.6 cm³/mol. The molecule has 0 bridgehead atoms. The van der Waals surface area contributed by atoms with Crippen LogP contribution in [0.25, 0.3) is 0 Å². The summed E-state index contributed by atoms with van der Waals surface area (Å²) >= 11 is 0. The maximum Gasteiger partial charge on any atom is 0.135 e. The normalized spacial score (nSPS) is 34.2. The zero-order valence-corrected chi connectivity index (χ0v) is 8.89. The van der Waals surface area contributed by atoms with Gasteiger partial charge in [0.25, 0.3) is 0 Å². The topological polar surface area (TPSA) is 17.1 Å². The van der Waals surface area contributed by atoms with Crippen molar-refractivity contribution in [1.29, 1.82) is 0 Å². The third-order valence-electron chi connectivity index (χ3n) is 2.21. The molecule has 1 saturated carbocycles. The second kappa shape index (κ2) is 3.82. The van der Waals surface area contributed by atoms with E-state index in [9.17, 15) is 4.79 Å². The molecular formula is C7H12OY. The molecule has 0 spiro atoms. The Morgan fingerprint density at radius 1 is 1.44 bits per heavy atom. The second-order valence-corrected chi connectivity index (χ2v) is 2.77. The Labute approximate surface area is 81.5 Å². The van der Waals surface area contributed by atoms with E-state index < -0.39 is 0 Å². The van der Waals surface area contributed by atoms with Crippen LogP contribution in [0.3, 0.4) is 0 Å². The molecule has 1 fully saturated rings. The molecule has 0 aromatic carbocycles. The molecule has 1 aliphatic carbocycles. The number of carbonyl (C=O) groups is 1. The number of hydrogen-bond donors (Lipinski definition) is 0. The van der Waals surface area contributed by atoms with Crippen molar-refractivity contribution in [2.24, 2.45) is 11.8 Å². The van der Waals surface area contributed by atoms with Gasteiger partial charge in [0.15, 0.2) is 0 Å². The zero-order valence-electron chi connectivity index (χ0n) is 6.05. The maximum absolute atomic E-state index is 10.8. The summed E-state index contributed by atoms with van der Waals surface area (Å²) in [5, 5.41) is 0. The minimum Gasteiger partial charge on any atom is -0.299 e. The first-order valence-electron chi connectivity index (χ1n) is 3.24. The van der Waals surface area contributed by atoms with Gasteiger partial charge in [0.05, 0.1) is 0 Å². The Bertz CT molecular complexity index is 111.